The Bertz CT molecular complexity index is 783. The maximum atomic E-state index is 11.9. The van der Waals surface area contributed by atoms with Crippen LogP contribution >= 0.6 is 10.3 Å². The molecule has 0 saturated heterocycles. The van der Waals surface area contributed by atoms with E-state index >= 15 is 0 Å². The molecule has 0 amide bonds. The van der Waals surface area contributed by atoms with Crippen molar-refractivity contribution < 1.29 is 8.98 Å². The molecule has 2 nitrogen and oxygen atoms in total. The van der Waals surface area contributed by atoms with Crippen LogP contribution in [0.3, 0.4) is 0 Å². The van der Waals surface area contributed by atoms with Crippen molar-refractivity contribution in [2.45, 2.75) is 68.9 Å². The van der Waals surface area contributed by atoms with Gasteiger partial charge in [0, 0.05) is 20.0 Å². The van der Waals surface area contributed by atoms with Gasteiger partial charge in [0.15, 0.2) is 0 Å². The van der Waals surface area contributed by atoms with E-state index in [0.29, 0.717) is 12.5 Å². The molecule has 0 heterocycles. The first kappa shape index (κ1) is 22.1. The van der Waals surface area contributed by atoms with Crippen LogP contribution < -0.4 is 0 Å². The molecule has 29 heavy (non-hydrogen) atoms. The molecule has 158 valence electrons. The fraction of sp³-hybridized carbons (Fsp3) is 0.500. The maximum absolute atomic E-state index is 11.9. The molecular weight excluding hydrogens is 376 g/mol. The molecule has 1 aliphatic carbocycles. The fourth-order valence-electron chi connectivity index (χ4n) is 4.69. The number of benzene rings is 2. The molecule has 0 N–H and O–H groups in total. The van der Waals surface area contributed by atoms with Gasteiger partial charge in [-0.3, -0.25) is 0 Å². The van der Waals surface area contributed by atoms with Crippen LogP contribution in [0.15, 0.2) is 70.5 Å². The molecule has 2 aromatic rings. The average molecular weight is 413 g/mol. The second-order valence-electron chi connectivity index (χ2n) is 10.1. The van der Waals surface area contributed by atoms with Gasteiger partial charge >= 0.3 is 0 Å². The zero-order valence-corrected chi connectivity index (χ0v) is 19.6. The van der Waals surface area contributed by atoms with Gasteiger partial charge in [-0.05, 0) is 69.2 Å². The second kappa shape index (κ2) is 7.92. The summed E-state index contributed by atoms with van der Waals surface area (Å²) in [6.45, 7) is 14.1. The van der Waals surface area contributed by atoms with Gasteiger partial charge in [0.2, 0.25) is 0 Å². The zero-order chi connectivity index (χ0) is 21.3. The number of hydrogen-bond acceptors (Lipinski definition) is 2. The summed E-state index contributed by atoms with van der Waals surface area (Å²) >= 11 is 0. The quantitative estimate of drug-likeness (QED) is 0.466. The lowest BCUT2D eigenvalue weighted by Crippen LogP contribution is -2.38. The Morgan fingerprint density at radius 1 is 0.966 bits per heavy atom. The summed E-state index contributed by atoms with van der Waals surface area (Å²) in [7, 11) is -1.74. The Hall–Kier alpha value is -1.58. The molecule has 0 radical (unpaired) electrons. The van der Waals surface area contributed by atoms with Gasteiger partial charge < -0.3 is 8.98 Å². The molecule has 0 unspecified atom stereocenters. The topological polar surface area (TPSA) is 26.3 Å². The molecular formula is C26H36O2S. The van der Waals surface area contributed by atoms with Crippen molar-refractivity contribution in [3.63, 3.8) is 0 Å². The van der Waals surface area contributed by atoms with Crippen molar-refractivity contribution in [3.05, 3.63) is 60.7 Å². The fourth-order valence-corrected chi connectivity index (χ4v) is 8.45. The molecule has 1 saturated carbocycles. The third kappa shape index (κ3) is 3.68. The van der Waals surface area contributed by atoms with Gasteiger partial charge in [0.1, 0.15) is 6.29 Å². The molecule has 1 aliphatic rings. The summed E-state index contributed by atoms with van der Waals surface area (Å²) in [6, 6.07) is 21.4. The summed E-state index contributed by atoms with van der Waals surface area (Å²) in [5, 5.41) is 0. The normalized spacial score (nSPS) is 25.0. The summed E-state index contributed by atoms with van der Waals surface area (Å²) in [5.41, 5.74) is -0.356. The molecule has 1 fully saturated rings. The van der Waals surface area contributed by atoms with Crippen molar-refractivity contribution in [3.8, 4) is 0 Å². The third-order valence-corrected chi connectivity index (χ3v) is 11.3. The molecule has 0 aromatic heterocycles. The van der Waals surface area contributed by atoms with Crippen molar-refractivity contribution >= 4 is 16.6 Å². The number of hydrogen-bond donors (Lipinski definition) is 0. The number of rotatable bonds is 6. The van der Waals surface area contributed by atoms with E-state index in [1.54, 1.807) is 0 Å². The predicted octanol–water partition coefficient (Wildman–Crippen LogP) is 7.28. The Balaban J connectivity index is 2.05. The van der Waals surface area contributed by atoms with E-state index in [0.717, 1.165) is 12.8 Å². The highest BCUT2D eigenvalue weighted by atomic mass is 32.3. The highest BCUT2D eigenvalue weighted by Gasteiger charge is 2.52. The monoisotopic (exact) mass is 412 g/mol. The molecule has 0 bridgehead atoms. The Morgan fingerprint density at radius 2 is 1.45 bits per heavy atom. The van der Waals surface area contributed by atoms with E-state index in [-0.39, 0.29) is 15.6 Å². The lowest BCUT2D eigenvalue weighted by Gasteiger charge is -2.51. The summed E-state index contributed by atoms with van der Waals surface area (Å²) < 4.78 is 7.01. The molecule has 3 heteroatoms. The molecule has 0 aliphatic heterocycles. The Labute approximate surface area is 178 Å². The van der Waals surface area contributed by atoms with E-state index < -0.39 is 10.3 Å². The average Bonchev–Trinajstić information content (AvgIpc) is 2.93. The van der Waals surface area contributed by atoms with Crippen molar-refractivity contribution in [1.82, 2.24) is 0 Å². The highest BCUT2D eigenvalue weighted by molar-refractivity contribution is 8.31. The zero-order valence-electron chi connectivity index (χ0n) is 18.8. The molecule has 2 atom stereocenters. The maximum Gasteiger partial charge on any atom is 0.126 e. The Kier molecular flexibility index (Phi) is 6.04. The predicted molar refractivity (Wildman–Crippen MR) is 123 cm³/mol. The van der Waals surface area contributed by atoms with E-state index in [1.165, 1.54) is 16.1 Å². The van der Waals surface area contributed by atoms with Gasteiger partial charge in [0.05, 0.1) is 6.61 Å². The van der Waals surface area contributed by atoms with Crippen molar-refractivity contribution in [2.75, 3.05) is 6.61 Å². The van der Waals surface area contributed by atoms with Crippen LogP contribution in [-0.4, -0.2) is 17.6 Å². The Morgan fingerprint density at radius 3 is 1.83 bits per heavy atom. The SMILES string of the molecule is CC1(C)[C@@H](COS(c2ccccc2)(c2ccccc2)C(C)(C)C)CC[C@@]1(C)C=O. The van der Waals surface area contributed by atoms with Gasteiger partial charge in [-0.2, -0.15) is 0 Å². The van der Waals surface area contributed by atoms with Crippen LogP contribution in [0.2, 0.25) is 0 Å². The molecule has 2 aromatic carbocycles. The summed E-state index contributed by atoms with van der Waals surface area (Å²) in [5.74, 6) is 0.361. The minimum absolute atomic E-state index is 0.0770. The van der Waals surface area contributed by atoms with Gasteiger partial charge in [-0.15, -0.1) is 0 Å². The van der Waals surface area contributed by atoms with E-state index in [4.69, 9.17) is 4.18 Å². The van der Waals surface area contributed by atoms with Gasteiger partial charge in [-0.1, -0.05) is 67.5 Å². The van der Waals surface area contributed by atoms with Crippen LogP contribution in [0.4, 0.5) is 0 Å². The minimum Gasteiger partial charge on any atom is -0.327 e. The number of carbonyl (C=O) groups excluding carboxylic acids is 1. The largest absolute Gasteiger partial charge is 0.327 e. The highest BCUT2D eigenvalue weighted by Crippen LogP contribution is 2.72. The first-order valence-corrected chi connectivity index (χ1v) is 12.2. The smallest absolute Gasteiger partial charge is 0.126 e. The lowest BCUT2D eigenvalue weighted by molar-refractivity contribution is -0.120. The minimum atomic E-state index is -1.74. The second-order valence-corrected chi connectivity index (χ2v) is 13.6. The standard InChI is InChI=1S/C26H36O2S/c1-24(2,3)29(22-13-9-7-10-14-22,23-15-11-8-12-16-23)28-19-21-17-18-26(6,20-27)25(21,4)5/h7-16,20-21H,17-19H2,1-6H3/t21-,26+/m1/s1. The summed E-state index contributed by atoms with van der Waals surface area (Å²) in [4.78, 5) is 14.4. The van der Waals surface area contributed by atoms with Gasteiger partial charge in [0.25, 0.3) is 0 Å². The van der Waals surface area contributed by atoms with E-state index in [9.17, 15) is 4.79 Å². The number of carbonyl (C=O) groups is 1. The molecule has 0 spiro atoms. The first-order chi connectivity index (χ1) is 13.6. The van der Waals surface area contributed by atoms with Crippen LogP contribution in [0.1, 0.15) is 54.4 Å². The van der Waals surface area contributed by atoms with E-state index in [1.807, 2.05) is 0 Å². The van der Waals surface area contributed by atoms with Crippen molar-refractivity contribution in [2.24, 2.45) is 16.7 Å². The van der Waals surface area contributed by atoms with E-state index in [2.05, 4.69) is 102 Å². The van der Waals surface area contributed by atoms with Crippen molar-refractivity contribution in [1.29, 1.82) is 0 Å². The third-order valence-electron chi connectivity index (χ3n) is 7.22. The number of aldehydes is 1. The van der Waals surface area contributed by atoms with Crippen LogP contribution in [0, 0.1) is 16.7 Å². The lowest BCUT2D eigenvalue weighted by atomic mass is 9.67. The van der Waals surface area contributed by atoms with Gasteiger partial charge in [-0.25, -0.2) is 0 Å². The van der Waals surface area contributed by atoms with Crippen LogP contribution in [-0.2, 0) is 8.98 Å². The van der Waals surface area contributed by atoms with Crippen LogP contribution in [0.5, 0.6) is 0 Å². The first-order valence-electron chi connectivity index (χ1n) is 10.6. The molecule has 3 rings (SSSR count). The van der Waals surface area contributed by atoms with Crippen LogP contribution in [0.25, 0.3) is 0 Å². The summed E-state index contributed by atoms with van der Waals surface area (Å²) in [6.07, 6.45) is 3.14.